The van der Waals surface area contributed by atoms with Crippen LogP contribution in [0.25, 0.3) is 0 Å². The van der Waals surface area contributed by atoms with Crippen LogP contribution in [0.1, 0.15) is 245 Å². The lowest BCUT2D eigenvalue weighted by Gasteiger charge is -2.33. The lowest BCUT2D eigenvalue weighted by atomic mass is 10.0. The molecular weight excluding hydrogens is 544 g/mol. The molecule has 0 N–H and O–H groups in total. The molecule has 0 spiro atoms. The minimum absolute atomic E-state index is 0.639. The lowest BCUT2D eigenvalue weighted by Crippen LogP contribution is -2.39. The molecule has 1 rings (SSSR count). The maximum Gasteiger partial charge on any atom is 0.101 e. The molecule has 1 atom stereocenters. The Morgan fingerprint density at radius 1 is 0.289 bits per heavy atom. The van der Waals surface area contributed by atoms with Gasteiger partial charge in [0.15, 0.2) is 0 Å². The van der Waals surface area contributed by atoms with E-state index in [1.165, 1.54) is 238 Å². The zero-order valence-corrected chi connectivity index (χ0v) is 31.8. The fourth-order valence-corrected chi connectivity index (χ4v) is 7.42. The summed E-state index contributed by atoms with van der Waals surface area (Å²) in [4.78, 5) is 5.44. The van der Waals surface area contributed by atoms with Crippen LogP contribution < -0.4 is 0 Å². The third-order valence-electron chi connectivity index (χ3n) is 10.6. The molecule has 2 heteroatoms. The topological polar surface area (TPSA) is 6.48 Å². The highest BCUT2D eigenvalue weighted by atomic mass is 15.4. The zero-order valence-electron chi connectivity index (χ0n) is 31.8. The molecule has 0 radical (unpaired) electrons. The van der Waals surface area contributed by atoms with Crippen molar-refractivity contribution in [1.29, 1.82) is 0 Å². The molecule has 1 aliphatic rings. The maximum absolute atomic E-state index is 2.72. The lowest BCUT2D eigenvalue weighted by molar-refractivity contribution is 0.135. The van der Waals surface area contributed by atoms with Gasteiger partial charge in [0.2, 0.25) is 0 Å². The van der Waals surface area contributed by atoms with Crippen LogP contribution in [0.2, 0.25) is 0 Å². The van der Waals surface area contributed by atoms with E-state index in [9.17, 15) is 0 Å². The third kappa shape index (κ3) is 27.0. The van der Waals surface area contributed by atoms with Gasteiger partial charge in [0.1, 0.15) is 6.17 Å². The molecule has 268 valence electrons. The Labute approximate surface area is 286 Å². The van der Waals surface area contributed by atoms with Gasteiger partial charge in [0, 0.05) is 25.5 Å². The van der Waals surface area contributed by atoms with Gasteiger partial charge in [-0.3, -0.25) is 0 Å². The smallest absolute Gasteiger partial charge is 0.101 e. The average molecular weight is 631 g/mol. The first-order valence-corrected chi connectivity index (χ1v) is 21.5. The molecule has 1 unspecified atom stereocenters. The van der Waals surface area contributed by atoms with Gasteiger partial charge in [-0.05, 0) is 25.7 Å². The largest absolute Gasteiger partial charge is 0.356 e. The van der Waals surface area contributed by atoms with E-state index < -0.39 is 0 Å². The summed E-state index contributed by atoms with van der Waals surface area (Å²) in [5.41, 5.74) is 0. The Morgan fingerprint density at radius 3 is 0.778 bits per heavy atom. The number of nitrogens with zero attached hydrogens (tertiary/aromatic N) is 2. The van der Waals surface area contributed by atoms with Crippen LogP contribution in [0.15, 0.2) is 12.4 Å². The first kappa shape index (κ1) is 42.4. The Kier molecular flexibility index (Phi) is 32.6. The van der Waals surface area contributed by atoms with Gasteiger partial charge in [0.25, 0.3) is 0 Å². The van der Waals surface area contributed by atoms with E-state index in [-0.39, 0.29) is 0 Å². The highest BCUT2D eigenvalue weighted by Crippen LogP contribution is 2.24. The van der Waals surface area contributed by atoms with E-state index in [1.54, 1.807) is 0 Å². The molecular formula is C43H86N2. The van der Waals surface area contributed by atoms with Gasteiger partial charge >= 0.3 is 0 Å². The van der Waals surface area contributed by atoms with Crippen molar-refractivity contribution >= 4 is 0 Å². The average Bonchev–Trinajstić information content (AvgIpc) is 3.43. The Balaban J connectivity index is 2.18. The van der Waals surface area contributed by atoms with Crippen molar-refractivity contribution in [3.8, 4) is 0 Å². The van der Waals surface area contributed by atoms with E-state index in [0.29, 0.717) is 6.17 Å². The van der Waals surface area contributed by atoms with Crippen molar-refractivity contribution < 1.29 is 0 Å². The van der Waals surface area contributed by atoms with Gasteiger partial charge in [-0.25, -0.2) is 0 Å². The number of hydrogen-bond acceptors (Lipinski definition) is 2. The highest BCUT2D eigenvalue weighted by Gasteiger charge is 2.24. The summed E-state index contributed by atoms with van der Waals surface area (Å²) in [6.07, 6.45) is 55.9. The van der Waals surface area contributed by atoms with Gasteiger partial charge in [-0.1, -0.05) is 220 Å². The second-order valence-corrected chi connectivity index (χ2v) is 15.0. The number of rotatable bonds is 37. The molecule has 1 aliphatic heterocycles. The fraction of sp³-hybridized carbons (Fsp3) is 0.953. The van der Waals surface area contributed by atoms with Gasteiger partial charge in [-0.15, -0.1) is 0 Å². The van der Waals surface area contributed by atoms with Crippen molar-refractivity contribution in [2.24, 2.45) is 0 Å². The molecule has 2 nitrogen and oxygen atoms in total. The van der Waals surface area contributed by atoms with Crippen LogP contribution in [-0.2, 0) is 0 Å². The Hall–Kier alpha value is -0.660. The van der Waals surface area contributed by atoms with Crippen molar-refractivity contribution in [3.63, 3.8) is 0 Å². The maximum atomic E-state index is 2.72. The molecule has 0 bridgehead atoms. The first-order chi connectivity index (χ1) is 22.3. The Morgan fingerprint density at radius 2 is 0.511 bits per heavy atom. The molecule has 0 aromatic heterocycles. The molecule has 0 saturated heterocycles. The first-order valence-electron chi connectivity index (χ1n) is 21.5. The normalized spacial score (nSPS) is 14.8. The van der Waals surface area contributed by atoms with E-state index >= 15 is 0 Å². The minimum Gasteiger partial charge on any atom is -0.356 e. The SMILES string of the molecule is CCCCCCCCCCCCCCCCCCC1N(CCCCCCCCCC)C=CN1CCCCCCCCCCCC. The second kappa shape index (κ2) is 34.7. The van der Waals surface area contributed by atoms with Gasteiger partial charge < -0.3 is 9.80 Å². The third-order valence-corrected chi connectivity index (χ3v) is 10.6. The molecule has 1 heterocycles. The van der Waals surface area contributed by atoms with Crippen molar-refractivity contribution in [2.45, 2.75) is 252 Å². The van der Waals surface area contributed by atoms with Crippen LogP contribution in [0, 0.1) is 0 Å². The number of hydrogen-bond donors (Lipinski definition) is 0. The fourth-order valence-electron chi connectivity index (χ4n) is 7.42. The summed E-state index contributed by atoms with van der Waals surface area (Å²) in [6.45, 7) is 9.48. The molecule has 0 aromatic rings. The Bertz CT molecular complexity index is 586. The van der Waals surface area contributed by atoms with Crippen LogP contribution in [0.4, 0.5) is 0 Å². The zero-order chi connectivity index (χ0) is 32.3. The summed E-state index contributed by atoms with van der Waals surface area (Å²) in [5, 5.41) is 0. The monoisotopic (exact) mass is 631 g/mol. The van der Waals surface area contributed by atoms with Crippen LogP contribution in [-0.4, -0.2) is 29.1 Å². The van der Waals surface area contributed by atoms with Crippen LogP contribution in [0.3, 0.4) is 0 Å². The molecule has 0 aliphatic carbocycles. The van der Waals surface area contributed by atoms with Crippen LogP contribution in [0.5, 0.6) is 0 Å². The van der Waals surface area contributed by atoms with Crippen molar-refractivity contribution in [1.82, 2.24) is 9.80 Å². The summed E-state index contributed by atoms with van der Waals surface area (Å²) in [6, 6.07) is 0. The van der Waals surface area contributed by atoms with Gasteiger partial charge in [-0.2, -0.15) is 0 Å². The van der Waals surface area contributed by atoms with E-state index in [4.69, 9.17) is 0 Å². The predicted molar refractivity (Wildman–Crippen MR) is 205 cm³/mol. The highest BCUT2D eigenvalue weighted by molar-refractivity contribution is 4.97. The number of unbranched alkanes of at least 4 members (excludes halogenated alkanes) is 31. The van der Waals surface area contributed by atoms with Crippen molar-refractivity contribution in [2.75, 3.05) is 13.1 Å². The summed E-state index contributed by atoms with van der Waals surface area (Å²) in [7, 11) is 0. The second-order valence-electron chi connectivity index (χ2n) is 15.0. The van der Waals surface area contributed by atoms with Crippen molar-refractivity contribution in [3.05, 3.63) is 12.4 Å². The molecule has 0 saturated carbocycles. The van der Waals surface area contributed by atoms with Crippen LogP contribution >= 0.6 is 0 Å². The standard InChI is InChI=1S/C43H86N2/c1-4-7-10-13-16-19-21-22-23-24-25-26-27-29-32-35-38-43-44(39-36-33-30-18-15-12-9-6-3)41-42-45(43)40-37-34-31-28-20-17-14-11-8-5-2/h41-43H,4-40H2,1-3H3. The van der Waals surface area contributed by atoms with Gasteiger partial charge in [0.05, 0.1) is 0 Å². The summed E-state index contributed by atoms with van der Waals surface area (Å²) >= 11 is 0. The minimum atomic E-state index is 0.639. The molecule has 0 aromatic carbocycles. The summed E-state index contributed by atoms with van der Waals surface area (Å²) in [5.74, 6) is 0. The summed E-state index contributed by atoms with van der Waals surface area (Å²) < 4.78 is 0. The molecule has 45 heavy (non-hydrogen) atoms. The van der Waals surface area contributed by atoms with E-state index in [2.05, 4.69) is 43.0 Å². The quantitative estimate of drug-likeness (QED) is 0.0630. The molecule has 0 fully saturated rings. The predicted octanol–water partition coefficient (Wildman–Crippen LogP) is 15.1. The van der Waals surface area contributed by atoms with E-state index in [0.717, 1.165) is 0 Å². The van der Waals surface area contributed by atoms with E-state index in [1.807, 2.05) is 0 Å². The molecule has 0 amide bonds.